The van der Waals surface area contributed by atoms with E-state index in [4.69, 9.17) is 28.9 Å². The standard InChI is InChI=1S/C19H18Cl2N6S/c1-10-14(4-5-17-15(10)9-24-25-17)18-26-27-19(28-18)23-8-13(22)6-11-2-3-12(20)7-16(11)21/h2-5,7,9,13H,6,8,22H2,1H3,(H,23,27)(H,24,25)/t13-/m0/s1. The molecule has 2 aromatic heterocycles. The normalized spacial score (nSPS) is 12.4. The molecule has 4 rings (SSSR count). The van der Waals surface area contributed by atoms with E-state index in [-0.39, 0.29) is 6.04 Å². The number of H-pyrrole nitrogens is 1. The van der Waals surface area contributed by atoms with Crippen LogP contribution in [-0.4, -0.2) is 33.0 Å². The molecule has 0 amide bonds. The van der Waals surface area contributed by atoms with Gasteiger partial charge in [0.2, 0.25) is 5.13 Å². The molecule has 0 saturated carbocycles. The Morgan fingerprint density at radius 2 is 2.07 bits per heavy atom. The van der Waals surface area contributed by atoms with E-state index in [2.05, 4.69) is 32.6 Å². The molecule has 0 radical (unpaired) electrons. The second-order valence-electron chi connectivity index (χ2n) is 6.56. The van der Waals surface area contributed by atoms with Gasteiger partial charge in [-0.05, 0) is 48.7 Å². The van der Waals surface area contributed by atoms with E-state index in [9.17, 15) is 0 Å². The summed E-state index contributed by atoms with van der Waals surface area (Å²) in [6.45, 7) is 2.63. The molecule has 4 aromatic rings. The smallest absolute Gasteiger partial charge is 0.206 e. The highest BCUT2D eigenvalue weighted by atomic mass is 35.5. The third-order valence-corrected chi connectivity index (χ3v) is 6.06. The highest BCUT2D eigenvalue weighted by Crippen LogP contribution is 2.32. The first-order chi connectivity index (χ1) is 13.5. The number of nitrogens with one attached hydrogen (secondary N) is 2. The van der Waals surface area contributed by atoms with Crippen LogP contribution in [0.2, 0.25) is 10.0 Å². The molecule has 0 spiro atoms. The summed E-state index contributed by atoms with van der Waals surface area (Å²) in [5.41, 5.74) is 10.4. The molecular weight excluding hydrogens is 415 g/mol. The lowest BCUT2D eigenvalue weighted by Gasteiger charge is -2.13. The van der Waals surface area contributed by atoms with Crippen LogP contribution in [-0.2, 0) is 6.42 Å². The zero-order valence-electron chi connectivity index (χ0n) is 15.0. The Balaban J connectivity index is 1.42. The second kappa shape index (κ2) is 8.05. The molecular formula is C19H18Cl2N6S. The molecule has 0 fully saturated rings. The Labute approximate surface area is 176 Å². The highest BCUT2D eigenvalue weighted by molar-refractivity contribution is 7.18. The lowest BCUT2D eigenvalue weighted by Crippen LogP contribution is -2.31. The maximum absolute atomic E-state index is 6.24. The van der Waals surface area contributed by atoms with Gasteiger partial charge in [-0.3, -0.25) is 5.10 Å². The van der Waals surface area contributed by atoms with Crippen LogP contribution in [0.4, 0.5) is 5.13 Å². The van der Waals surface area contributed by atoms with Crippen molar-refractivity contribution in [2.75, 3.05) is 11.9 Å². The molecule has 2 aromatic carbocycles. The van der Waals surface area contributed by atoms with E-state index < -0.39 is 0 Å². The fourth-order valence-electron chi connectivity index (χ4n) is 3.05. The van der Waals surface area contributed by atoms with Gasteiger partial charge >= 0.3 is 0 Å². The molecule has 0 unspecified atom stereocenters. The van der Waals surface area contributed by atoms with E-state index in [0.717, 1.165) is 37.7 Å². The summed E-state index contributed by atoms with van der Waals surface area (Å²) in [7, 11) is 0. The lowest BCUT2D eigenvalue weighted by molar-refractivity contribution is 0.698. The number of halogens is 2. The van der Waals surface area contributed by atoms with Crippen molar-refractivity contribution in [1.82, 2.24) is 20.4 Å². The Morgan fingerprint density at radius 1 is 1.21 bits per heavy atom. The Hall–Kier alpha value is -2.19. The zero-order chi connectivity index (χ0) is 19.7. The van der Waals surface area contributed by atoms with Gasteiger partial charge in [0.25, 0.3) is 0 Å². The fourth-order valence-corrected chi connectivity index (χ4v) is 4.37. The molecule has 6 nitrogen and oxygen atoms in total. The summed E-state index contributed by atoms with van der Waals surface area (Å²) in [5, 5.41) is 22.8. The van der Waals surface area contributed by atoms with Gasteiger partial charge in [-0.25, -0.2) is 0 Å². The van der Waals surface area contributed by atoms with Gasteiger partial charge in [-0.2, -0.15) is 5.10 Å². The van der Waals surface area contributed by atoms with E-state index >= 15 is 0 Å². The van der Waals surface area contributed by atoms with Crippen molar-refractivity contribution in [2.24, 2.45) is 5.73 Å². The van der Waals surface area contributed by atoms with Gasteiger partial charge in [-0.15, -0.1) is 10.2 Å². The van der Waals surface area contributed by atoms with Crippen LogP contribution < -0.4 is 11.1 Å². The molecule has 2 heterocycles. The third kappa shape index (κ3) is 3.98. The van der Waals surface area contributed by atoms with Crippen LogP contribution >= 0.6 is 34.5 Å². The maximum atomic E-state index is 6.24. The topological polar surface area (TPSA) is 92.5 Å². The summed E-state index contributed by atoms with van der Waals surface area (Å²) in [6.07, 6.45) is 2.47. The summed E-state index contributed by atoms with van der Waals surface area (Å²) < 4.78 is 0. The van der Waals surface area contributed by atoms with Crippen molar-refractivity contribution in [3.63, 3.8) is 0 Å². The first kappa shape index (κ1) is 19.1. The first-order valence-electron chi connectivity index (χ1n) is 8.71. The summed E-state index contributed by atoms with van der Waals surface area (Å²) in [5.74, 6) is 0. The molecule has 0 saturated heterocycles. The van der Waals surface area contributed by atoms with Crippen molar-refractivity contribution >= 4 is 50.6 Å². The lowest BCUT2D eigenvalue weighted by atomic mass is 10.1. The van der Waals surface area contributed by atoms with Gasteiger partial charge < -0.3 is 11.1 Å². The SMILES string of the molecule is Cc1c(-c2nnc(NC[C@@H](N)Cc3ccc(Cl)cc3Cl)s2)ccc2[nH]ncc12. The van der Waals surface area contributed by atoms with Crippen molar-refractivity contribution in [1.29, 1.82) is 0 Å². The van der Waals surface area contributed by atoms with Crippen molar-refractivity contribution in [3.05, 3.63) is 57.7 Å². The van der Waals surface area contributed by atoms with Crippen molar-refractivity contribution < 1.29 is 0 Å². The number of hydrogen-bond donors (Lipinski definition) is 3. The minimum Gasteiger partial charge on any atom is -0.359 e. The number of fused-ring (bicyclic) bond motifs is 1. The minimum atomic E-state index is -0.116. The minimum absolute atomic E-state index is 0.116. The van der Waals surface area contributed by atoms with Crippen molar-refractivity contribution in [2.45, 2.75) is 19.4 Å². The predicted molar refractivity (Wildman–Crippen MR) is 116 cm³/mol. The summed E-state index contributed by atoms with van der Waals surface area (Å²) in [4.78, 5) is 0. The first-order valence-corrected chi connectivity index (χ1v) is 10.3. The van der Waals surface area contributed by atoms with E-state index in [1.807, 2.05) is 30.5 Å². The molecule has 1 atom stereocenters. The number of benzene rings is 2. The van der Waals surface area contributed by atoms with Crippen LogP contribution in [0.5, 0.6) is 0 Å². The maximum Gasteiger partial charge on any atom is 0.206 e. The van der Waals surface area contributed by atoms with Gasteiger partial charge in [0.15, 0.2) is 0 Å². The number of aryl methyl sites for hydroxylation is 1. The van der Waals surface area contributed by atoms with Crippen LogP contribution in [0.15, 0.2) is 36.5 Å². The third-order valence-electron chi connectivity index (χ3n) is 4.56. The monoisotopic (exact) mass is 432 g/mol. The average Bonchev–Trinajstić information content (AvgIpc) is 3.32. The van der Waals surface area contributed by atoms with Gasteiger partial charge in [-0.1, -0.05) is 40.6 Å². The molecule has 28 heavy (non-hydrogen) atoms. The Kier molecular flexibility index (Phi) is 5.50. The number of rotatable bonds is 6. The average molecular weight is 433 g/mol. The number of nitrogens with zero attached hydrogens (tertiary/aromatic N) is 3. The molecule has 0 aliphatic carbocycles. The number of aromatic nitrogens is 4. The number of nitrogens with two attached hydrogens (primary N) is 1. The van der Waals surface area contributed by atoms with Gasteiger partial charge in [0.05, 0.1) is 11.7 Å². The van der Waals surface area contributed by atoms with Gasteiger partial charge in [0.1, 0.15) is 5.01 Å². The number of anilines is 1. The Morgan fingerprint density at radius 3 is 2.89 bits per heavy atom. The van der Waals surface area contributed by atoms with Crippen LogP contribution in [0, 0.1) is 6.92 Å². The number of hydrogen-bond acceptors (Lipinski definition) is 6. The molecule has 144 valence electrons. The largest absolute Gasteiger partial charge is 0.359 e. The molecule has 0 bridgehead atoms. The second-order valence-corrected chi connectivity index (χ2v) is 8.38. The quantitative estimate of drug-likeness (QED) is 0.411. The summed E-state index contributed by atoms with van der Waals surface area (Å²) in [6, 6.07) is 9.38. The van der Waals surface area contributed by atoms with E-state index in [1.54, 1.807) is 6.07 Å². The Bertz CT molecular complexity index is 1120. The zero-order valence-corrected chi connectivity index (χ0v) is 17.4. The molecule has 9 heteroatoms. The highest BCUT2D eigenvalue weighted by Gasteiger charge is 2.13. The van der Waals surface area contributed by atoms with Crippen LogP contribution in [0.1, 0.15) is 11.1 Å². The van der Waals surface area contributed by atoms with Gasteiger partial charge in [0, 0.05) is 33.6 Å². The van der Waals surface area contributed by atoms with E-state index in [1.165, 1.54) is 11.3 Å². The molecule has 0 aliphatic heterocycles. The van der Waals surface area contributed by atoms with Crippen LogP contribution in [0.3, 0.4) is 0 Å². The van der Waals surface area contributed by atoms with Crippen LogP contribution in [0.25, 0.3) is 21.5 Å². The predicted octanol–water partition coefficient (Wildman–Crippen LogP) is 4.68. The molecule has 0 aliphatic rings. The summed E-state index contributed by atoms with van der Waals surface area (Å²) >= 11 is 13.7. The van der Waals surface area contributed by atoms with E-state index in [0.29, 0.717) is 23.0 Å². The number of aromatic amines is 1. The molecule has 4 N–H and O–H groups in total. The fraction of sp³-hybridized carbons (Fsp3) is 0.211. The van der Waals surface area contributed by atoms with Crippen molar-refractivity contribution in [3.8, 4) is 10.6 Å².